The molecular formula is C12H6N2O6. The van der Waals surface area contributed by atoms with E-state index in [9.17, 15) is 9.59 Å². The molecule has 0 unspecified atom stereocenters. The van der Waals surface area contributed by atoms with Crippen molar-refractivity contribution in [2.75, 3.05) is 0 Å². The third kappa shape index (κ3) is 1.88. The number of aromatic nitrogens is 2. The fraction of sp³-hybridized carbons (Fsp3) is 0. The maximum atomic E-state index is 10.8. The van der Waals surface area contributed by atoms with Crippen LogP contribution in [0.4, 0.5) is 0 Å². The van der Waals surface area contributed by atoms with Crippen LogP contribution in [0.1, 0.15) is 21.0 Å². The maximum Gasteiger partial charge on any atom is 0.354 e. The van der Waals surface area contributed by atoms with Gasteiger partial charge in [-0.3, -0.25) is 0 Å². The molecule has 8 nitrogen and oxygen atoms in total. The lowest BCUT2D eigenvalue weighted by Crippen LogP contribution is -2.08. The molecule has 0 aromatic carbocycles. The van der Waals surface area contributed by atoms with Crippen molar-refractivity contribution in [1.82, 2.24) is 9.97 Å². The fourth-order valence-corrected chi connectivity index (χ4v) is 1.60. The molecule has 2 aromatic heterocycles. The van der Waals surface area contributed by atoms with Crippen molar-refractivity contribution < 1.29 is 29.3 Å². The van der Waals surface area contributed by atoms with Crippen LogP contribution >= 0.6 is 0 Å². The molecule has 1 aliphatic rings. The van der Waals surface area contributed by atoms with Crippen LogP contribution in [0, 0.1) is 0 Å². The summed E-state index contributed by atoms with van der Waals surface area (Å²) in [7, 11) is 0. The normalized spacial score (nSPS) is 11.6. The van der Waals surface area contributed by atoms with E-state index in [0.29, 0.717) is 0 Å². The molecule has 0 saturated carbocycles. The first-order chi connectivity index (χ1) is 9.54. The van der Waals surface area contributed by atoms with E-state index in [1.165, 1.54) is 24.3 Å². The van der Waals surface area contributed by atoms with Gasteiger partial charge in [0, 0.05) is 0 Å². The molecule has 0 bridgehead atoms. The molecule has 3 rings (SSSR count). The monoisotopic (exact) mass is 274 g/mol. The molecule has 0 spiro atoms. The maximum absolute atomic E-state index is 10.8. The van der Waals surface area contributed by atoms with Crippen molar-refractivity contribution in [3.05, 3.63) is 35.7 Å². The van der Waals surface area contributed by atoms with Gasteiger partial charge in [-0.2, -0.15) is 0 Å². The Hall–Kier alpha value is -3.16. The molecule has 0 atom stereocenters. The van der Waals surface area contributed by atoms with E-state index in [1.54, 1.807) is 0 Å². The predicted molar refractivity (Wildman–Crippen MR) is 62.5 cm³/mol. The first-order valence-electron chi connectivity index (χ1n) is 5.39. The number of ether oxygens (including phenoxy) is 2. The van der Waals surface area contributed by atoms with Crippen LogP contribution in [0.25, 0.3) is 0 Å². The number of hydrogen-bond donors (Lipinski definition) is 2. The second-order valence-corrected chi connectivity index (χ2v) is 3.81. The summed E-state index contributed by atoms with van der Waals surface area (Å²) < 4.78 is 10.7. The Morgan fingerprint density at radius 3 is 1.55 bits per heavy atom. The fourth-order valence-electron chi connectivity index (χ4n) is 1.60. The highest BCUT2D eigenvalue weighted by Crippen LogP contribution is 2.42. The lowest BCUT2D eigenvalue weighted by Gasteiger charge is -2.18. The number of carbonyl (C=O) groups is 2. The van der Waals surface area contributed by atoms with Crippen molar-refractivity contribution in [3.8, 4) is 23.3 Å². The van der Waals surface area contributed by atoms with E-state index < -0.39 is 11.9 Å². The number of hydrogen-bond acceptors (Lipinski definition) is 6. The summed E-state index contributed by atoms with van der Waals surface area (Å²) in [6, 6.07) is 5.22. The molecular weight excluding hydrogens is 268 g/mol. The zero-order valence-corrected chi connectivity index (χ0v) is 9.73. The van der Waals surface area contributed by atoms with Crippen molar-refractivity contribution in [1.29, 1.82) is 0 Å². The third-order valence-electron chi connectivity index (χ3n) is 2.50. The molecule has 20 heavy (non-hydrogen) atoms. The smallest absolute Gasteiger partial charge is 0.354 e. The molecule has 0 amide bonds. The van der Waals surface area contributed by atoms with Gasteiger partial charge in [-0.1, -0.05) is 0 Å². The lowest BCUT2D eigenvalue weighted by atomic mass is 10.3. The van der Waals surface area contributed by atoms with Gasteiger partial charge in [0.15, 0.2) is 22.9 Å². The highest BCUT2D eigenvalue weighted by Gasteiger charge is 2.24. The van der Waals surface area contributed by atoms with Crippen molar-refractivity contribution >= 4 is 11.9 Å². The van der Waals surface area contributed by atoms with Gasteiger partial charge in [0.1, 0.15) is 0 Å². The summed E-state index contributed by atoms with van der Waals surface area (Å²) in [6.45, 7) is 0. The lowest BCUT2D eigenvalue weighted by molar-refractivity contribution is 0.0677. The minimum atomic E-state index is -1.19. The highest BCUT2D eigenvalue weighted by molar-refractivity contribution is 5.86. The molecule has 2 N–H and O–H groups in total. The molecule has 100 valence electrons. The van der Waals surface area contributed by atoms with Crippen molar-refractivity contribution in [3.63, 3.8) is 0 Å². The van der Waals surface area contributed by atoms with Crippen LogP contribution in [0.3, 0.4) is 0 Å². The average molecular weight is 274 g/mol. The first kappa shape index (κ1) is 11.9. The molecule has 3 heterocycles. The number of pyridine rings is 2. The van der Waals surface area contributed by atoms with E-state index in [0.717, 1.165) is 0 Å². The molecule has 0 fully saturated rings. The number of fused-ring (bicyclic) bond motifs is 2. The number of aromatic carboxylic acids is 2. The van der Waals surface area contributed by atoms with E-state index in [2.05, 4.69) is 9.97 Å². The molecule has 0 radical (unpaired) electrons. The quantitative estimate of drug-likeness (QED) is 0.725. The largest absolute Gasteiger partial charge is 0.477 e. The van der Waals surface area contributed by atoms with Crippen molar-refractivity contribution in [2.45, 2.75) is 0 Å². The van der Waals surface area contributed by atoms with E-state index in [4.69, 9.17) is 19.7 Å². The minimum absolute atomic E-state index is 0.0118. The summed E-state index contributed by atoms with van der Waals surface area (Å²) in [6.07, 6.45) is 0. The highest BCUT2D eigenvalue weighted by atomic mass is 16.6. The van der Waals surface area contributed by atoms with Crippen LogP contribution in [0.5, 0.6) is 23.3 Å². The number of carboxylic acids is 2. The van der Waals surface area contributed by atoms with E-state index >= 15 is 0 Å². The van der Waals surface area contributed by atoms with Crippen LogP contribution in [0.15, 0.2) is 24.3 Å². The van der Waals surface area contributed by atoms with Crippen LogP contribution < -0.4 is 9.47 Å². The predicted octanol–water partition coefficient (Wildman–Crippen LogP) is 1.77. The summed E-state index contributed by atoms with van der Waals surface area (Å²) in [4.78, 5) is 29.2. The minimum Gasteiger partial charge on any atom is -0.477 e. The topological polar surface area (TPSA) is 119 Å². The Bertz CT molecular complexity index is 679. The van der Waals surface area contributed by atoms with Crippen LogP contribution in [-0.2, 0) is 0 Å². The summed E-state index contributed by atoms with van der Waals surface area (Å²) in [5, 5.41) is 17.7. The summed E-state index contributed by atoms with van der Waals surface area (Å²) in [5.74, 6) is -2.08. The molecule has 0 aliphatic carbocycles. The van der Waals surface area contributed by atoms with Gasteiger partial charge in [-0.05, 0) is 24.3 Å². The van der Waals surface area contributed by atoms with Gasteiger partial charge in [0.05, 0.1) is 0 Å². The molecule has 1 aliphatic heterocycles. The van der Waals surface area contributed by atoms with Gasteiger partial charge in [0.2, 0.25) is 0 Å². The third-order valence-corrected chi connectivity index (χ3v) is 2.50. The zero-order valence-electron chi connectivity index (χ0n) is 9.73. The number of carboxylic acid groups (broad SMARTS) is 2. The summed E-state index contributed by atoms with van der Waals surface area (Å²) >= 11 is 0. The van der Waals surface area contributed by atoms with Gasteiger partial charge >= 0.3 is 11.9 Å². The Balaban J connectivity index is 2.02. The Labute approximate surface area is 111 Å². The average Bonchev–Trinajstić information content (AvgIpc) is 2.43. The Morgan fingerprint density at radius 2 is 1.20 bits per heavy atom. The van der Waals surface area contributed by atoms with Gasteiger partial charge in [0.25, 0.3) is 11.8 Å². The van der Waals surface area contributed by atoms with Gasteiger partial charge in [-0.15, -0.1) is 0 Å². The second kappa shape index (κ2) is 4.19. The number of rotatable bonds is 2. The van der Waals surface area contributed by atoms with E-state index in [1.807, 2.05) is 0 Å². The molecule has 8 heteroatoms. The number of nitrogens with zero attached hydrogens (tertiary/aromatic N) is 2. The molecule has 0 saturated heterocycles. The van der Waals surface area contributed by atoms with Crippen LogP contribution in [0.2, 0.25) is 0 Å². The molecule has 2 aromatic rings. The van der Waals surface area contributed by atoms with E-state index in [-0.39, 0.29) is 34.6 Å². The standard InChI is InChI=1S/C12H6N2O6/c15-11(16)5-1-3-7-9(13-5)20-8-4-2-6(12(17)18)14-10(8)19-7/h1-4H,(H,15,16)(H,17,18). The Kier molecular flexibility index (Phi) is 2.50. The zero-order chi connectivity index (χ0) is 14.3. The first-order valence-corrected chi connectivity index (χ1v) is 5.39. The van der Waals surface area contributed by atoms with Gasteiger partial charge in [-0.25, -0.2) is 19.6 Å². The van der Waals surface area contributed by atoms with Crippen LogP contribution in [-0.4, -0.2) is 32.1 Å². The summed E-state index contributed by atoms with van der Waals surface area (Å²) in [5.41, 5.74) is -0.378. The van der Waals surface area contributed by atoms with Crippen molar-refractivity contribution in [2.24, 2.45) is 0 Å². The second-order valence-electron chi connectivity index (χ2n) is 3.81. The van der Waals surface area contributed by atoms with Gasteiger partial charge < -0.3 is 19.7 Å². The Morgan fingerprint density at radius 1 is 0.800 bits per heavy atom. The SMILES string of the molecule is O=C(O)c1ccc2c(n1)Oc1ccc(C(=O)O)nc1O2.